The van der Waals surface area contributed by atoms with Gasteiger partial charge in [-0.1, -0.05) is 13.8 Å². The van der Waals surface area contributed by atoms with Crippen molar-refractivity contribution in [1.82, 2.24) is 4.90 Å². The standard InChI is InChI=1S/C7H15NO2/c1-3-8(4-2)7(10)5-6-9/h6-7,10H,3-5H2,1-2H3. The first-order chi connectivity index (χ1) is 4.76. The van der Waals surface area contributed by atoms with Gasteiger partial charge in [0, 0.05) is 6.42 Å². The zero-order valence-corrected chi connectivity index (χ0v) is 6.58. The van der Waals surface area contributed by atoms with Crippen molar-refractivity contribution in [2.24, 2.45) is 0 Å². The van der Waals surface area contributed by atoms with Crippen molar-refractivity contribution in [1.29, 1.82) is 0 Å². The van der Waals surface area contributed by atoms with Gasteiger partial charge in [-0.05, 0) is 13.1 Å². The molecule has 0 aromatic heterocycles. The molecule has 0 aliphatic rings. The minimum Gasteiger partial charge on any atom is -0.378 e. The van der Waals surface area contributed by atoms with Crippen molar-refractivity contribution in [2.45, 2.75) is 26.5 Å². The number of aliphatic hydroxyl groups excluding tert-OH is 1. The van der Waals surface area contributed by atoms with Crippen LogP contribution in [0.15, 0.2) is 0 Å². The Bertz CT molecular complexity index is 91.6. The summed E-state index contributed by atoms with van der Waals surface area (Å²) in [5.41, 5.74) is 0. The molecule has 0 bridgehead atoms. The van der Waals surface area contributed by atoms with Gasteiger partial charge in [0.15, 0.2) is 0 Å². The molecular weight excluding hydrogens is 130 g/mol. The molecule has 3 nitrogen and oxygen atoms in total. The molecule has 0 saturated heterocycles. The zero-order chi connectivity index (χ0) is 7.98. The van der Waals surface area contributed by atoms with Crippen LogP contribution in [0.1, 0.15) is 20.3 Å². The summed E-state index contributed by atoms with van der Waals surface area (Å²) in [6.45, 7) is 5.48. The minimum atomic E-state index is -0.590. The van der Waals surface area contributed by atoms with E-state index in [-0.39, 0.29) is 6.42 Å². The fourth-order valence-electron chi connectivity index (χ4n) is 0.880. The highest BCUT2D eigenvalue weighted by molar-refractivity contribution is 5.49. The second kappa shape index (κ2) is 5.38. The third-order valence-electron chi connectivity index (χ3n) is 1.54. The van der Waals surface area contributed by atoms with Crippen LogP contribution < -0.4 is 0 Å². The van der Waals surface area contributed by atoms with Gasteiger partial charge in [0.2, 0.25) is 0 Å². The number of hydrogen-bond donors (Lipinski definition) is 1. The lowest BCUT2D eigenvalue weighted by Crippen LogP contribution is -2.34. The van der Waals surface area contributed by atoms with Crippen LogP contribution in [0.4, 0.5) is 0 Å². The van der Waals surface area contributed by atoms with Crippen LogP contribution in [0.2, 0.25) is 0 Å². The van der Waals surface area contributed by atoms with E-state index < -0.39 is 6.23 Å². The molecule has 0 radical (unpaired) electrons. The topological polar surface area (TPSA) is 40.5 Å². The van der Waals surface area contributed by atoms with E-state index >= 15 is 0 Å². The van der Waals surface area contributed by atoms with Gasteiger partial charge < -0.3 is 9.90 Å². The van der Waals surface area contributed by atoms with E-state index in [1.54, 1.807) is 0 Å². The predicted octanol–water partition coefficient (Wildman–Crippen LogP) is 0.236. The normalized spacial score (nSPS) is 13.6. The van der Waals surface area contributed by atoms with Gasteiger partial charge in [-0.3, -0.25) is 4.90 Å². The number of hydrogen-bond acceptors (Lipinski definition) is 3. The summed E-state index contributed by atoms with van der Waals surface area (Å²) in [6.07, 6.45) is 0.359. The molecule has 10 heavy (non-hydrogen) atoms. The molecule has 0 spiro atoms. The predicted molar refractivity (Wildman–Crippen MR) is 39.6 cm³/mol. The molecule has 0 saturated carbocycles. The monoisotopic (exact) mass is 145 g/mol. The minimum absolute atomic E-state index is 0.210. The summed E-state index contributed by atoms with van der Waals surface area (Å²) >= 11 is 0. The average Bonchev–Trinajstić information content (AvgIpc) is 1.91. The van der Waals surface area contributed by atoms with Crippen molar-refractivity contribution in [3.63, 3.8) is 0 Å². The van der Waals surface area contributed by atoms with Crippen LogP contribution in [0.25, 0.3) is 0 Å². The molecule has 1 N–H and O–H groups in total. The summed E-state index contributed by atoms with van der Waals surface area (Å²) in [5.74, 6) is 0. The maximum Gasteiger partial charge on any atom is 0.123 e. The van der Waals surface area contributed by atoms with Crippen LogP contribution in [0, 0.1) is 0 Å². The van der Waals surface area contributed by atoms with Crippen LogP contribution in [-0.4, -0.2) is 35.6 Å². The highest BCUT2D eigenvalue weighted by Crippen LogP contribution is 1.97. The van der Waals surface area contributed by atoms with Crippen LogP contribution in [0.5, 0.6) is 0 Å². The van der Waals surface area contributed by atoms with E-state index in [0.29, 0.717) is 0 Å². The lowest BCUT2D eigenvalue weighted by atomic mass is 10.3. The Labute approximate surface area is 61.6 Å². The highest BCUT2D eigenvalue weighted by atomic mass is 16.3. The quantitative estimate of drug-likeness (QED) is 0.445. The molecule has 1 atom stereocenters. The summed E-state index contributed by atoms with van der Waals surface area (Å²) in [5, 5.41) is 9.20. The fourth-order valence-corrected chi connectivity index (χ4v) is 0.880. The Morgan fingerprint density at radius 3 is 2.30 bits per heavy atom. The molecule has 0 heterocycles. The molecule has 3 heteroatoms. The van der Waals surface area contributed by atoms with Gasteiger partial charge in [-0.25, -0.2) is 0 Å². The Hall–Kier alpha value is -0.410. The second-order valence-corrected chi connectivity index (χ2v) is 2.10. The Balaban J connectivity index is 3.63. The first kappa shape index (κ1) is 9.59. The van der Waals surface area contributed by atoms with Gasteiger partial charge in [-0.15, -0.1) is 0 Å². The van der Waals surface area contributed by atoms with E-state index in [2.05, 4.69) is 0 Å². The van der Waals surface area contributed by atoms with Gasteiger partial charge in [-0.2, -0.15) is 0 Å². The number of aldehydes is 1. The molecule has 1 unspecified atom stereocenters. The summed E-state index contributed by atoms with van der Waals surface area (Å²) in [7, 11) is 0. The van der Waals surface area contributed by atoms with Crippen molar-refractivity contribution in [3.05, 3.63) is 0 Å². The molecule has 0 rings (SSSR count). The molecule has 0 amide bonds. The average molecular weight is 145 g/mol. The lowest BCUT2D eigenvalue weighted by molar-refractivity contribution is -0.112. The number of nitrogens with zero attached hydrogens (tertiary/aromatic N) is 1. The molecule has 0 aromatic carbocycles. The smallest absolute Gasteiger partial charge is 0.123 e. The lowest BCUT2D eigenvalue weighted by Gasteiger charge is -2.22. The molecule has 60 valence electrons. The summed E-state index contributed by atoms with van der Waals surface area (Å²) in [4.78, 5) is 11.8. The van der Waals surface area contributed by atoms with Gasteiger partial charge in [0.25, 0.3) is 0 Å². The molecular formula is C7H15NO2. The number of aliphatic hydroxyl groups is 1. The zero-order valence-electron chi connectivity index (χ0n) is 6.58. The number of carbonyl (C=O) groups is 1. The van der Waals surface area contributed by atoms with Gasteiger partial charge in [0.05, 0.1) is 0 Å². The number of rotatable bonds is 5. The second-order valence-electron chi connectivity index (χ2n) is 2.10. The third-order valence-corrected chi connectivity index (χ3v) is 1.54. The van der Waals surface area contributed by atoms with E-state index in [4.69, 9.17) is 0 Å². The van der Waals surface area contributed by atoms with Crippen molar-refractivity contribution < 1.29 is 9.90 Å². The SMILES string of the molecule is CCN(CC)C(O)CC=O. The van der Waals surface area contributed by atoms with Crippen LogP contribution in [0.3, 0.4) is 0 Å². The first-order valence-electron chi connectivity index (χ1n) is 3.62. The molecule has 0 fully saturated rings. The largest absolute Gasteiger partial charge is 0.378 e. The van der Waals surface area contributed by atoms with Crippen LogP contribution in [-0.2, 0) is 4.79 Å². The van der Waals surface area contributed by atoms with E-state index in [1.807, 2.05) is 18.7 Å². The molecule has 0 aliphatic carbocycles. The first-order valence-corrected chi connectivity index (χ1v) is 3.62. The summed E-state index contributed by atoms with van der Waals surface area (Å²) < 4.78 is 0. The van der Waals surface area contributed by atoms with E-state index in [9.17, 15) is 9.90 Å². The molecule has 0 aliphatic heterocycles. The Kier molecular flexibility index (Phi) is 5.16. The number of carbonyl (C=O) groups excluding carboxylic acids is 1. The maximum atomic E-state index is 9.96. The van der Waals surface area contributed by atoms with Gasteiger partial charge >= 0.3 is 0 Å². The van der Waals surface area contributed by atoms with Crippen molar-refractivity contribution in [2.75, 3.05) is 13.1 Å². The van der Waals surface area contributed by atoms with Gasteiger partial charge in [0.1, 0.15) is 12.5 Å². The fraction of sp³-hybridized carbons (Fsp3) is 0.857. The Morgan fingerprint density at radius 2 is 2.00 bits per heavy atom. The van der Waals surface area contributed by atoms with Crippen LogP contribution >= 0.6 is 0 Å². The molecule has 0 aromatic rings. The van der Waals surface area contributed by atoms with E-state index in [1.165, 1.54) is 0 Å². The summed E-state index contributed by atoms with van der Waals surface area (Å²) in [6, 6.07) is 0. The van der Waals surface area contributed by atoms with Crippen molar-refractivity contribution in [3.8, 4) is 0 Å². The maximum absolute atomic E-state index is 9.96. The van der Waals surface area contributed by atoms with E-state index in [0.717, 1.165) is 19.4 Å². The Morgan fingerprint density at radius 1 is 1.50 bits per heavy atom. The van der Waals surface area contributed by atoms with Crippen molar-refractivity contribution >= 4 is 6.29 Å². The highest BCUT2D eigenvalue weighted by Gasteiger charge is 2.09. The third kappa shape index (κ3) is 2.94.